The predicted molar refractivity (Wildman–Crippen MR) is 138 cm³/mol. The summed E-state index contributed by atoms with van der Waals surface area (Å²) < 4.78 is 0. The molecule has 0 heterocycles. The third kappa shape index (κ3) is 3.34. The zero-order chi connectivity index (χ0) is 25.5. The van der Waals surface area contributed by atoms with E-state index in [0.29, 0.717) is 24.0 Å². The van der Waals surface area contributed by atoms with E-state index in [9.17, 15) is 14.7 Å². The number of Topliss-reactive ketones (excluding diaryl/α,β-unsaturated/α-hetero) is 1. The number of fused-ring (bicyclic) bond motifs is 5. The van der Waals surface area contributed by atoms with Crippen LogP contribution in [-0.2, 0) is 9.59 Å². The maximum absolute atomic E-state index is 12.9. The number of rotatable bonds is 3. The van der Waals surface area contributed by atoms with Gasteiger partial charge in [0.2, 0.25) is 0 Å². The van der Waals surface area contributed by atoms with Crippen molar-refractivity contribution in [2.75, 3.05) is 0 Å². The summed E-state index contributed by atoms with van der Waals surface area (Å²) in [5, 5.41) is 10.5. The van der Waals surface area contributed by atoms with E-state index in [1.54, 1.807) is 0 Å². The molecule has 0 radical (unpaired) electrons. The second kappa shape index (κ2) is 7.69. The van der Waals surface area contributed by atoms with Gasteiger partial charge in [-0.2, -0.15) is 0 Å². The molecule has 0 bridgehead atoms. The fraction of sp³-hybridized carbons (Fsp3) is 0.871. The van der Waals surface area contributed by atoms with Crippen LogP contribution in [0.1, 0.15) is 120 Å². The van der Waals surface area contributed by atoms with Crippen molar-refractivity contribution in [3.63, 3.8) is 0 Å². The quantitative estimate of drug-likeness (QED) is 0.424. The normalized spacial score (nSPS) is 46.1. The van der Waals surface area contributed by atoms with Gasteiger partial charge in [0.25, 0.3) is 0 Å². The summed E-state index contributed by atoms with van der Waals surface area (Å²) in [7, 11) is 0. The second-order valence-electron chi connectivity index (χ2n) is 15.2. The van der Waals surface area contributed by atoms with E-state index in [2.05, 4.69) is 68.4 Å². The Morgan fingerprint density at radius 1 is 1.03 bits per heavy atom. The van der Waals surface area contributed by atoms with Crippen molar-refractivity contribution in [1.29, 1.82) is 0 Å². The lowest BCUT2D eigenvalue weighted by Crippen LogP contribution is -2.64. The molecule has 4 aliphatic carbocycles. The number of carbonyl (C=O) groups excluding carboxylic acids is 1. The fourth-order valence-corrected chi connectivity index (χ4v) is 9.75. The van der Waals surface area contributed by atoms with Gasteiger partial charge >= 0.3 is 5.97 Å². The van der Waals surface area contributed by atoms with E-state index >= 15 is 0 Å². The summed E-state index contributed by atoms with van der Waals surface area (Å²) in [5.41, 5.74) is 1.05. The first kappa shape index (κ1) is 26.0. The van der Waals surface area contributed by atoms with Crippen molar-refractivity contribution < 1.29 is 14.7 Å². The lowest BCUT2D eigenvalue weighted by Gasteiger charge is -2.69. The van der Waals surface area contributed by atoms with Crippen LogP contribution in [-0.4, -0.2) is 16.9 Å². The molecular weight excluding hydrogens is 420 g/mol. The number of carboxylic acid groups (broad SMARTS) is 1. The van der Waals surface area contributed by atoms with Crippen molar-refractivity contribution in [3.8, 4) is 0 Å². The second-order valence-corrected chi connectivity index (χ2v) is 15.2. The molecule has 4 aliphatic rings. The first-order valence-corrected chi connectivity index (χ1v) is 13.9. The predicted octanol–water partition coefficient (Wildman–Crippen LogP) is 8.08. The van der Waals surface area contributed by atoms with Gasteiger partial charge < -0.3 is 5.11 Å². The molecule has 192 valence electrons. The highest BCUT2D eigenvalue weighted by atomic mass is 16.4. The lowest BCUT2D eigenvalue weighted by molar-refractivity contribution is -0.185. The number of hydrogen-bond acceptors (Lipinski definition) is 2. The molecule has 0 aliphatic heterocycles. The standard InChI is InChI=1S/C31H50O3/c1-20-21-10-11-23-28(7)14-13-24(32)27(5,6)22(28)12-15-30(23,9)29(21,8)17-19-31(20,25(33)34)18-16-26(2,3)4/h10,20,22-23H,11-19H2,1-9H3,(H,33,34). The average molecular weight is 471 g/mol. The summed E-state index contributed by atoms with van der Waals surface area (Å²) in [6, 6.07) is 0. The maximum atomic E-state index is 12.9. The Hall–Kier alpha value is -1.12. The molecule has 1 N–H and O–H groups in total. The molecule has 0 saturated heterocycles. The Labute approximate surface area is 208 Å². The molecule has 3 saturated carbocycles. The SMILES string of the molecule is CC1C2=CCC3C4(C)CCC(=O)C(C)(C)C4CCC3(C)C2(C)CCC1(CCC(C)(C)C)C(=O)O. The number of allylic oxidation sites excluding steroid dienone is 2. The monoisotopic (exact) mass is 470 g/mol. The van der Waals surface area contributed by atoms with Gasteiger partial charge in [-0.25, -0.2) is 0 Å². The molecule has 0 amide bonds. The topological polar surface area (TPSA) is 54.4 Å². The van der Waals surface area contributed by atoms with E-state index < -0.39 is 11.4 Å². The summed E-state index contributed by atoms with van der Waals surface area (Å²) in [6.07, 6.45) is 11.0. The third-order valence-corrected chi connectivity index (χ3v) is 12.4. The Balaban J connectivity index is 1.74. The molecular formula is C31H50O3. The zero-order valence-electron chi connectivity index (χ0n) is 23.4. The first-order valence-electron chi connectivity index (χ1n) is 13.9. The maximum Gasteiger partial charge on any atom is 0.310 e. The van der Waals surface area contributed by atoms with Crippen LogP contribution < -0.4 is 0 Å². The van der Waals surface area contributed by atoms with E-state index in [1.165, 1.54) is 5.57 Å². The first-order chi connectivity index (χ1) is 15.5. The van der Waals surface area contributed by atoms with Gasteiger partial charge in [-0.1, -0.05) is 74.0 Å². The van der Waals surface area contributed by atoms with Gasteiger partial charge in [-0.3, -0.25) is 9.59 Å². The minimum Gasteiger partial charge on any atom is -0.481 e. The van der Waals surface area contributed by atoms with Crippen molar-refractivity contribution in [1.82, 2.24) is 0 Å². The molecule has 7 atom stereocenters. The van der Waals surface area contributed by atoms with Crippen LogP contribution in [0.5, 0.6) is 0 Å². The highest BCUT2D eigenvalue weighted by Crippen LogP contribution is 2.74. The summed E-state index contributed by atoms with van der Waals surface area (Å²) >= 11 is 0. The van der Waals surface area contributed by atoms with E-state index in [4.69, 9.17) is 0 Å². The van der Waals surface area contributed by atoms with Gasteiger partial charge in [0.05, 0.1) is 5.41 Å². The molecule has 4 rings (SSSR count). The molecule has 0 spiro atoms. The van der Waals surface area contributed by atoms with Crippen LogP contribution in [0.15, 0.2) is 11.6 Å². The molecule has 0 aromatic heterocycles. The van der Waals surface area contributed by atoms with Gasteiger partial charge in [-0.05, 0) is 90.8 Å². The van der Waals surface area contributed by atoms with Gasteiger partial charge in [0.15, 0.2) is 0 Å². The Morgan fingerprint density at radius 2 is 1.68 bits per heavy atom. The number of carboxylic acids is 1. The van der Waals surface area contributed by atoms with Gasteiger partial charge in [0.1, 0.15) is 5.78 Å². The van der Waals surface area contributed by atoms with E-state index in [0.717, 1.165) is 51.4 Å². The van der Waals surface area contributed by atoms with Crippen molar-refractivity contribution >= 4 is 11.8 Å². The van der Waals surface area contributed by atoms with Crippen molar-refractivity contribution in [3.05, 3.63) is 11.6 Å². The zero-order valence-corrected chi connectivity index (χ0v) is 23.4. The van der Waals surface area contributed by atoms with Gasteiger partial charge in [-0.15, -0.1) is 0 Å². The summed E-state index contributed by atoms with van der Waals surface area (Å²) in [4.78, 5) is 25.7. The van der Waals surface area contributed by atoms with Crippen LogP contribution in [0.4, 0.5) is 0 Å². The average Bonchev–Trinajstić information content (AvgIpc) is 2.71. The summed E-state index contributed by atoms with van der Waals surface area (Å²) in [5.74, 6) is 0.928. The highest BCUT2D eigenvalue weighted by molar-refractivity contribution is 5.85. The molecule has 34 heavy (non-hydrogen) atoms. The van der Waals surface area contributed by atoms with Crippen LogP contribution >= 0.6 is 0 Å². The molecule has 3 heteroatoms. The van der Waals surface area contributed by atoms with Crippen molar-refractivity contribution in [2.24, 2.45) is 50.2 Å². The third-order valence-electron chi connectivity index (χ3n) is 12.4. The minimum absolute atomic E-state index is 0.0373. The van der Waals surface area contributed by atoms with Crippen LogP contribution in [0.3, 0.4) is 0 Å². The molecule has 0 aromatic carbocycles. The van der Waals surface area contributed by atoms with E-state index in [-0.39, 0.29) is 33.0 Å². The molecule has 3 nitrogen and oxygen atoms in total. The fourth-order valence-electron chi connectivity index (χ4n) is 9.75. The Morgan fingerprint density at radius 3 is 2.26 bits per heavy atom. The number of aliphatic carboxylic acids is 1. The summed E-state index contributed by atoms with van der Waals surface area (Å²) in [6.45, 7) is 20.8. The highest BCUT2D eigenvalue weighted by Gasteiger charge is 2.68. The molecule has 0 aromatic rings. The molecule has 7 unspecified atom stereocenters. The van der Waals surface area contributed by atoms with Crippen LogP contribution in [0, 0.1) is 50.2 Å². The van der Waals surface area contributed by atoms with Gasteiger partial charge in [0, 0.05) is 11.8 Å². The number of ketones is 1. The van der Waals surface area contributed by atoms with Crippen LogP contribution in [0.25, 0.3) is 0 Å². The van der Waals surface area contributed by atoms with Crippen molar-refractivity contribution in [2.45, 2.75) is 120 Å². The Kier molecular flexibility index (Phi) is 5.87. The minimum atomic E-state index is -0.651. The van der Waals surface area contributed by atoms with Crippen LogP contribution in [0.2, 0.25) is 0 Å². The smallest absolute Gasteiger partial charge is 0.310 e. The Bertz CT molecular complexity index is 906. The number of hydrogen-bond donors (Lipinski definition) is 1. The largest absolute Gasteiger partial charge is 0.481 e. The number of carbonyl (C=O) groups is 2. The van der Waals surface area contributed by atoms with E-state index in [1.807, 2.05) is 0 Å². The lowest BCUT2D eigenvalue weighted by atomic mass is 9.34. The molecule has 3 fully saturated rings.